The third-order valence-corrected chi connectivity index (χ3v) is 6.38. The second-order valence-electron chi connectivity index (χ2n) is 8.47. The van der Waals surface area contributed by atoms with E-state index >= 15 is 0 Å². The third-order valence-electron chi connectivity index (χ3n) is 6.38. The first-order valence-electron chi connectivity index (χ1n) is 11.3. The normalized spacial score (nSPS) is 17.7. The van der Waals surface area contributed by atoms with E-state index in [0.29, 0.717) is 36.5 Å². The van der Waals surface area contributed by atoms with Crippen LogP contribution in [0.5, 0.6) is 5.75 Å². The number of hydrogen-bond donors (Lipinski definition) is 1. The molecule has 0 spiro atoms. The molecule has 2 unspecified atom stereocenters. The number of anilines is 1. The van der Waals surface area contributed by atoms with Crippen molar-refractivity contribution in [2.24, 2.45) is 7.05 Å². The summed E-state index contributed by atoms with van der Waals surface area (Å²) in [5.74, 6) is 1.47. The Morgan fingerprint density at radius 3 is 2.73 bits per heavy atom. The third kappa shape index (κ3) is 4.57. The molecular formula is C25H31N5O3. The maximum absolute atomic E-state index is 12.9. The Balaban J connectivity index is 1.50. The lowest BCUT2D eigenvalue weighted by Crippen LogP contribution is -2.56. The van der Waals surface area contributed by atoms with Crippen molar-refractivity contribution in [3.05, 3.63) is 64.7 Å². The number of ether oxygens (including phenoxy) is 1. The van der Waals surface area contributed by atoms with Crippen LogP contribution >= 0.6 is 0 Å². The number of urea groups is 1. The fourth-order valence-electron chi connectivity index (χ4n) is 4.60. The average molecular weight is 450 g/mol. The van der Waals surface area contributed by atoms with Crippen molar-refractivity contribution in [1.29, 1.82) is 0 Å². The number of hydrogen-bond acceptors (Lipinski definition) is 5. The van der Waals surface area contributed by atoms with E-state index in [9.17, 15) is 9.59 Å². The highest BCUT2D eigenvalue weighted by molar-refractivity contribution is 5.89. The van der Waals surface area contributed by atoms with Crippen molar-refractivity contribution in [2.45, 2.75) is 32.4 Å². The highest BCUT2D eigenvalue weighted by atomic mass is 16.5. The number of methoxy groups -OCH3 is 1. The van der Waals surface area contributed by atoms with Gasteiger partial charge in [0.05, 0.1) is 24.1 Å². The van der Waals surface area contributed by atoms with Crippen molar-refractivity contribution in [1.82, 2.24) is 19.4 Å². The van der Waals surface area contributed by atoms with Gasteiger partial charge in [-0.2, -0.15) is 0 Å². The molecule has 1 saturated heterocycles. The predicted octanol–water partition coefficient (Wildman–Crippen LogP) is 3.63. The van der Waals surface area contributed by atoms with E-state index in [4.69, 9.17) is 9.72 Å². The van der Waals surface area contributed by atoms with Gasteiger partial charge in [-0.05, 0) is 37.6 Å². The molecule has 8 nitrogen and oxygen atoms in total. The first-order chi connectivity index (χ1) is 15.9. The van der Waals surface area contributed by atoms with Crippen molar-refractivity contribution < 1.29 is 9.53 Å². The van der Waals surface area contributed by atoms with Gasteiger partial charge < -0.3 is 15.0 Å². The molecule has 2 heterocycles. The van der Waals surface area contributed by atoms with Gasteiger partial charge in [0.15, 0.2) is 0 Å². The van der Waals surface area contributed by atoms with E-state index in [1.807, 2.05) is 47.4 Å². The van der Waals surface area contributed by atoms with Crippen LogP contribution in [0, 0.1) is 0 Å². The summed E-state index contributed by atoms with van der Waals surface area (Å²) in [5.41, 5.74) is 1.40. The van der Waals surface area contributed by atoms with Crippen LogP contribution in [0.3, 0.4) is 0 Å². The molecule has 1 aliphatic rings. The monoisotopic (exact) mass is 449 g/mol. The summed E-state index contributed by atoms with van der Waals surface area (Å²) in [5, 5.41) is 3.60. The van der Waals surface area contributed by atoms with Crippen LogP contribution in [-0.2, 0) is 7.05 Å². The van der Waals surface area contributed by atoms with Crippen LogP contribution in [0.25, 0.3) is 10.9 Å². The molecule has 1 N–H and O–H groups in total. The Bertz CT molecular complexity index is 1210. The lowest BCUT2D eigenvalue weighted by molar-refractivity contribution is 0.0721. The fraction of sp³-hybridized carbons (Fsp3) is 0.400. The molecule has 2 atom stereocenters. The standard InChI is InChI=1S/C25H31N5O3/c1-5-22(23-27-21-12-7-6-11-20(21)24(31)28(23)3)29-13-14-30(17(2)16-29)25(32)26-18-9-8-10-19(15-18)33-4/h6-12,15,17,22H,5,13-14,16H2,1-4H3,(H,26,32). The molecule has 1 aliphatic heterocycles. The second kappa shape index (κ2) is 9.62. The number of piperazine rings is 1. The zero-order valence-corrected chi connectivity index (χ0v) is 19.6. The van der Waals surface area contributed by atoms with E-state index in [1.165, 1.54) is 0 Å². The molecule has 8 heteroatoms. The van der Waals surface area contributed by atoms with Crippen LogP contribution in [0.4, 0.5) is 10.5 Å². The summed E-state index contributed by atoms with van der Waals surface area (Å²) >= 11 is 0. The quantitative estimate of drug-likeness (QED) is 0.643. The Hall–Kier alpha value is -3.39. The highest BCUT2D eigenvalue weighted by Gasteiger charge is 2.32. The topological polar surface area (TPSA) is 79.7 Å². The largest absolute Gasteiger partial charge is 0.497 e. The zero-order valence-electron chi connectivity index (χ0n) is 19.6. The van der Waals surface area contributed by atoms with Crippen molar-refractivity contribution in [2.75, 3.05) is 32.1 Å². The van der Waals surface area contributed by atoms with Gasteiger partial charge in [0.2, 0.25) is 0 Å². The number of amides is 2. The molecule has 0 aliphatic carbocycles. The molecule has 1 fully saturated rings. The summed E-state index contributed by atoms with van der Waals surface area (Å²) in [7, 11) is 3.40. The van der Waals surface area contributed by atoms with Gasteiger partial charge in [-0.25, -0.2) is 9.78 Å². The van der Waals surface area contributed by atoms with Gasteiger partial charge in [0.25, 0.3) is 5.56 Å². The summed E-state index contributed by atoms with van der Waals surface area (Å²) in [4.78, 5) is 34.9. The van der Waals surface area contributed by atoms with E-state index in [2.05, 4.69) is 24.1 Å². The molecule has 4 rings (SSSR count). The molecule has 2 amide bonds. The molecular weight excluding hydrogens is 418 g/mol. The van der Waals surface area contributed by atoms with Crippen molar-refractivity contribution in [3.8, 4) is 5.75 Å². The number of nitrogens with one attached hydrogen (secondary N) is 1. The van der Waals surface area contributed by atoms with Gasteiger partial charge in [0, 0.05) is 44.5 Å². The minimum atomic E-state index is -0.125. The summed E-state index contributed by atoms with van der Waals surface area (Å²) < 4.78 is 6.91. The van der Waals surface area contributed by atoms with Crippen LogP contribution in [0.1, 0.15) is 32.1 Å². The van der Waals surface area contributed by atoms with Crippen LogP contribution in [-0.4, -0.2) is 58.2 Å². The first kappa shape index (κ1) is 22.8. The lowest BCUT2D eigenvalue weighted by Gasteiger charge is -2.43. The zero-order chi connectivity index (χ0) is 23.5. The number of fused-ring (bicyclic) bond motifs is 1. The number of carbonyl (C=O) groups is 1. The van der Waals surface area contributed by atoms with Gasteiger partial charge in [-0.1, -0.05) is 25.1 Å². The molecule has 33 heavy (non-hydrogen) atoms. The van der Waals surface area contributed by atoms with Crippen molar-refractivity contribution in [3.63, 3.8) is 0 Å². The Labute approximate surface area is 193 Å². The Morgan fingerprint density at radius 1 is 1.21 bits per heavy atom. The molecule has 2 aromatic carbocycles. The predicted molar refractivity (Wildman–Crippen MR) is 130 cm³/mol. The minimum absolute atomic E-state index is 0.00153. The van der Waals surface area contributed by atoms with E-state index in [-0.39, 0.29) is 23.7 Å². The Kier molecular flexibility index (Phi) is 6.65. The number of para-hydroxylation sites is 1. The fourth-order valence-corrected chi connectivity index (χ4v) is 4.60. The Morgan fingerprint density at radius 2 is 2.00 bits per heavy atom. The molecule has 174 valence electrons. The number of aromatic nitrogens is 2. The van der Waals surface area contributed by atoms with Gasteiger partial charge in [-0.15, -0.1) is 0 Å². The van der Waals surface area contributed by atoms with Gasteiger partial charge >= 0.3 is 6.03 Å². The van der Waals surface area contributed by atoms with Crippen LogP contribution < -0.4 is 15.6 Å². The SMILES string of the molecule is CCC(c1nc2ccccc2c(=O)n1C)N1CCN(C(=O)Nc2cccc(OC)c2)C(C)C1. The molecule has 3 aromatic rings. The van der Waals surface area contributed by atoms with Crippen LogP contribution in [0.15, 0.2) is 53.3 Å². The number of rotatable bonds is 5. The first-order valence-corrected chi connectivity index (χ1v) is 11.3. The number of benzene rings is 2. The lowest BCUT2D eigenvalue weighted by atomic mass is 10.1. The van der Waals surface area contributed by atoms with E-state index in [1.54, 1.807) is 24.8 Å². The smallest absolute Gasteiger partial charge is 0.322 e. The maximum Gasteiger partial charge on any atom is 0.322 e. The van der Waals surface area contributed by atoms with Gasteiger partial charge in [-0.3, -0.25) is 14.3 Å². The maximum atomic E-state index is 12.9. The molecule has 0 radical (unpaired) electrons. The highest BCUT2D eigenvalue weighted by Crippen LogP contribution is 2.26. The average Bonchev–Trinajstić information content (AvgIpc) is 2.82. The molecule has 1 aromatic heterocycles. The minimum Gasteiger partial charge on any atom is -0.497 e. The van der Waals surface area contributed by atoms with E-state index < -0.39 is 0 Å². The summed E-state index contributed by atoms with van der Waals surface area (Å²) in [6.45, 7) is 6.16. The molecule has 0 saturated carbocycles. The number of carbonyl (C=O) groups excluding carboxylic acids is 1. The molecule has 0 bridgehead atoms. The number of nitrogens with zero attached hydrogens (tertiary/aromatic N) is 4. The summed E-state index contributed by atoms with van der Waals surface area (Å²) in [6, 6.07) is 14.7. The van der Waals surface area contributed by atoms with Crippen molar-refractivity contribution >= 4 is 22.6 Å². The second-order valence-corrected chi connectivity index (χ2v) is 8.47. The van der Waals surface area contributed by atoms with Crippen LogP contribution in [0.2, 0.25) is 0 Å². The van der Waals surface area contributed by atoms with Gasteiger partial charge in [0.1, 0.15) is 11.6 Å². The van der Waals surface area contributed by atoms with E-state index in [0.717, 1.165) is 17.8 Å². The summed E-state index contributed by atoms with van der Waals surface area (Å²) in [6.07, 6.45) is 0.821.